The molecule has 0 bridgehead atoms. The summed E-state index contributed by atoms with van der Waals surface area (Å²) in [6, 6.07) is 0. The van der Waals surface area contributed by atoms with Crippen LogP contribution >= 0.6 is 0 Å². The lowest BCUT2D eigenvalue weighted by atomic mass is 10.1. The largest absolute Gasteiger partial charge is 0.0640 e. The molecule has 0 atom stereocenters. The molecule has 0 saturated heterocycles. The summed E-state index contributed by atoms with van der Waals surface area (Å²) in [4.78, 5) is 0. The Morgan fingerprint density at radius 3 is 1.62 bits per heavy atom. The van der Waals surface area contributed by atoms with Gasteiger partial charge in [-0.15, -0.1) is 0 Å². The van der Waals surface area contributed by atoms with E-state index in [2.05, 4.69) is 0 Å². The molecule has 1 radical (unpaired) electrons. The normalized spacial score (nSPS) is 28.0. The maximum Gasteiger partial charge on any atom is -0.0197 e. The van der Waals surface area contributed by atoms with Crippen molar-refractivity contribution < 1.29 is 0 Å². The van der Waals surface area contributed by atoms with Crippen LogP contribution in [0.2, 0.25) is 0 Å². The standard InChI is InChI=1S/C8H11/c1-6(7-2-3-7)8-4-5-8/h1,7-8H,2-5H2. The van der Waals surface area contributed by atoms with Crippen molar-refractivity contribution in [2.45, 2.75) is 25.7 Å². The van der Waals surface area contributed by atoms with Gasteiger partial charge in [0, 0.05) is 0 Å². The molecule has 2 fully saturated rings. The highest BCUT2D eigenvalue weighted by Gasteiger charge is 2.34. The van der Waals surface area contributed by atoms with Crippen LogP contribution in [-0.2, 0) is 0 Å². The highest BCUT2D eigenvalue weighted by atomic mass is 14.4. The van der Waals surface area contributed by atoms with E-state index in [4.69, 9.17) is 6.58 Å². The minimum atomic E-state index is 0.850. The Kier molecular flexibility index (Phi) is 0.787. The minimum absolute atomic E-state index is 0.850. The zero-order valence-corrected chi connectivity index (χ0v) is 5.06. The third-order valence-corrected chi connectivity index (χ3v) is 2.10. The van der Waals surface area contributed by atoms with E-state index in [0.29, 0.717) is 0 Å². The van der Waals surface area contributed by atoms with Gasteiger partial charge in [-0.25, -0.2) is 0 Å². The summed E-state index contributed by atoms with van der Waals surface area (Å²) in [5, 5.41) is 0. The first-order chi connectivity index (χ1) is 3.88. The Morgan fingerprint density at radius 2 is 1.38 bits per heavy atom. The highest BCUT2D eigenvalue weighted by Crippen LogP contribution is 2.47. The SMILES string of the molecule is [CH]=C(C1CC1)C1CC1. The summed E-state index contributed by atoms with van der Waals surface area (Å²) >= 11 is 0. The van der Waals surface area contributed by atoms with Crippen molar-refractivity contribution in [3.05, 3.63) is 12.2 Å². The molecule has 0 N–H and O–H groups in total. The zero-order chi connectivity index (χ0) is 5.56. The number of hydrogen-bond acceptors (Lipinski definition) is 0. The van der Waals surface area contributed by atoms with E-state index in [9.17, 15) is 0 Å². The van der Waals surface area contributed by atoms with Crippen molar-refractivity contribution >= 4 is 0 Å². The molecule has 43 valence electrons. The lowest BCUT2D eigenvalue weighted by molar-refractivity contribution is 0.859. The van der Waals surface area contributed by atoms with Gasteiger partial charge in [-0.05, 0) is 37.5 Å². The first-order valence-electron chi connectivity index (χ1n) is 3.50. The van der Waals surface area contributed by atoms with Crippen molar-refractivity contribution in [3.8, 4) is 0 Å². The predicted octanol–water partition coefficient (Wildman–Crippen LogP) is 2.17. The van der Waals surface area contributed by atoms with Crippen LogP contribution < -0.4 is 0 Å². The Hall–Kier alpha value is -0.260. The molecule has 0 heterocycles. The summed E-state index contributed by atoms with van der Waals surface area (Å²) in [6.45, 7) is 5.80. The van der Waals surface area contributed by atoms with Gasteiger partial charge in [0.1, 0.15) is 0 Å². The number of rotatable bonds is 2. The smallest absolute Gasteiger partial charge is 0.0197 e. The van der Waals surface area contributed by atoms with Gasteiger partial charge in [0.05, 0.1) is 0 Å². The van der Waals surface area contributed by atoms with Gasteiger partial charge in [-0.2, -0.15) is 0 Å². The van der Waals surface area contributed by atoms with E-state index in [0.717, 1.165) is 11.8 Å². The second kappa shape index (κ2) is 1.37. The molecule has 8 heavy (non-hydrogen) atoms. The van der Waals surface area contributed by atoms with Crippen molar-refractivity contribution in [2.75, 3.05) is 0 Å². The zero-order valence-electron chi connectivity index (χ0n) is 5.06. The summed E-state index contributed by atoms with van der Waals surface area (Å²) in [5.41, 5.74) is 1.32. The Balaban J connectivity index is 1.93. The fraction of sp³-hybridized carbons (Fsp3) is 0.750. The molecular weight excluding hydrogens is 96.1 g/mol. The molecule has 0 aromatic rings. The predicted molar refractivity (Wildman–Crippen MR) is 33.3 cm³/mol. The van der Waals surface area contributed by atoms with Crippen molar-refractivity contribution in [3.63, 3.8) is 0 Å². The second-order valence-electron chi connectivity index (χ2n) is 3.05. The average Bonchev–Trinajstić information content (AvgIpc) is 2.63. The molecule has 2 aliphatic rings. The van der Waals surface area contributed by atoms with Gasteiger partial charge in [-0.1, -0.05) is 12.2 Å². The van der Waals surface area contributed by atoms with Gasteiger partial charge >= 0.3 is 0 Å². The lowest BCUT2D eigenvalue weighted by Gasteiger charge is -1.95. The summed E-state index contributed by atoms with van der Waals surface area (Å²) in [7, 11) is 0. The monoisotopic (exact) mass is 107 g/mol. The van der Waals surface area contributed by atoms with Crippen LogP contribution in [-0.4, -0.2) is 0 Å². The molecule has 2 saturated carbocycles. The highest BCUT2D eigenvalue weighted by molar-refractivity contribution is 5.14. The van der Waals surface area contributed by atoms with E-state index in [1.54, 1.807) is 0 Å². The first kappa shape index (κ1) is 4.60. The Morgan fingerprint density at radius 1 is 1.00 bits per heavy atom. The Bertz CT molecular complexity index is 102. The maximum absolute atomic E-state index is 5.80. The van der Waals surface area contributed by atoms with E-state index in [1.165, 1.54) is 31.3 Å². The fourth-order valence-electron chi connectivity index (χ4n) is 1.17. The van der Waals surface area contributed by atoms with Crippen LogP contribution in [0.5, 0.6) is 0 Å². The van der Waals surface area contributed by atoms with E-state index in [1.807, 2.05) is 0 Å². The molecule has 0 spiro atoms. The molecule has 0 aromatic carbocycles. The van der Waals surface area contributed by atoms with Crippen molar-refractivity contribution in [1.82, 2.24) is 0 Å². The number of allylic oxidation sites excluding steroid dienone is 1. The van der Waals surface area contributed by atoms with Crippen LogP contribution in [0, 0.1) is 18.4 Å². The topological polar surface area (TPSA) is 0 Å². The molecule has 0 nitrogen and oxygen atoms in total. The van der Waals surface area contributed by atoms with E-state index in [-0.39, 0.29) is 0 Å². The van der Waals surface area contributed by atoms with Gasteiger partial charge < -0.3 is 0 Å². The fourth-order valence-corrected chi connectivity index (χ4v) is 1.17. The Labute approximate surface area is 50.6 Å². The van der Waals surface area contributed by atoms with E-state index < -0.39 is 0 Å². The summed E-state index contributed by atoms with van der Waals surface area (Å²) < 4.78 is 0. The quantitative estimate of drug-likeness (QED) is 0.507. The summed E-state index contributed by atoms with van der Waals surface area (Å²) in [5.74, 6) is 1.70. The van der Waals surface area contributed by atoms with Gasteiger partial charge in [0.2, 0.25) is 0 Å². The van der Waals surface area contributed by atoms with Crippen LogP contribution in [0.25, 0.3) is 0 Å². The summed E-state index contributed by atoms with van der Waals surface area (Å²) in [6.07, 6.45) is 5.51. The van der Waals surface area contributed by atoms with Crippen LogP contribution in [0.15, 0.2) is 5.57 Å². The molecule has 2 aliphatic carbocycles. The van der Waals surface area contributed by atoms with Crippen LogP contribution in [0.4, 0.5) is 0 Å². The second-order valence-corrected chi connectivity index (χ2v) is 3.05. The van der Waals surface area contributed by atoms with Crippen molar-refractivity contribution in [1.29, 1.82) is 0 Å². The molecular formula is C8H11. The molecule has 2 rings (SSSR count). The maximum atomic E-state index is 5.80. The molecule has 0 aliphatic heterocycles. The third-order valence-electron chi connectivity index (χ3n) is 2.10. The first-order valence-corrected chi connectivity index (χ1v) is 3.50. The molecule has 0 heteroatoms. The van der Waals surface area contributed by atoms with Gasteiger partial charge in [0.15, 0.2) is 0 Å². The number of hydrogen-bond donors (Lipinski definition) is 0. The van der Waals surface area contributed by atoms with Gasteiger partial charge in [0.25, 0.3) is 0 Å². The van der Waals surface area contributed by atoms with E-state index >= 15 is 0 Å². The van der Waals surface area contributed by atoms with Crippen LogP contribution in [0.1, 0.15) is 25.7 Å². The van der Waals surface area contributed by atoms with Crippen molar-refractivity contribution in [2.24, 2.45) is 11.8 Å². The van der Waals surface area contributed by atoms with Crippen LogP contribution in [0.3, 0.4) is 0 Å². The molecule has 0 amide bonds. The molecule has 0 unspecified atom stereocenters. The minimum Gasteiger partial charge on any atom is -0.0640 e. The van der Waals surface area contributed by atoms with Gasteiger partial charge in [-0.3, -0.25) is 0 Å². The third kappa shape index (κ3) is 0.683. The molecule has 0 aromatic heterocycles. The lowest BCUT2D eigenvalue weighted by Crippen LogP contribution is -1.83. The average molecular weight is 107 g/mol.